The fourth-order valence-electron chi connectivity index (χ4n) is 2.80. The zero-order chi connectivity index (χ0) is 14.5. The molecule has 9 nitrogen and oxygen atoms in total. The molecule has 3 saturated heterocycles. The van der Waals surface area contributed by atoms with E-state index in [0.717, 1.165) is 0 Å². The molecule has 1 unspecified atom stereocenters. The summed E-state index contributed by atoms with van der Waals surface area (Å²) in [5, 5.41) is 47.9. The van der Waals surface area contributed by atoms with Crippen LogP contribution in [0, 0.1) is 0 Å². The highest BCUT2D eigenvalue weighted by Gasteiger charge is 2.62. The van der Waals surface area contributed by atoms with Crippen molar-refractivity contribution < 1.29 is 44.5 Å². The third-order valence-electron chi connectivity index (χ3n) is 3.94. The molecule has 9 heteroatoms. The standard InChI is InChI=1S/C11H18O9/c12-1-4-6(14)8-10(18-4)17-3-11(20-8)9(16)7(15)5(2-13)19-11/h4-10,12-16H,1-3H2/t4-,5-,6-,7-,8+,9+,10-,11?/m1/s1. The van der Waals surface area contributed by atoms with Crippen LogP contribution in [0.5, 0.6) is 0 Å². The van der Waals surface area contributed by atoms with Crippen molar-refractivity contribution in [3.05, 3.63) is 0 Å². The Kier molecular flexibility index (Phi) is 3.73. The average Bonchev–Trinajstić information content (AvgIpc) is 2.90. The molecule has 3 rings (SSSR count). The zero-order valence-corrected chi connectivity index (χ0v) is 10.5. The summed E-state index contributed by atoms with van der Waals surface area (Å²) in [6.45, 7) is -1.12. The first kappa shape index (κ1) is 14.6. The van der Waals surface area contributed by atoms with Crippen LogP contribution in [-0.4, -0.2) is 94.1 Å². The molecule has 8 atom stereocenters. The van der Waals surface area contributed by atoms with Gasteiger partial charge in [-0.2, -0.15) is 0 Å². The number of rotatable bonds is 2. The molecule has 0 aromatic heterocycles. The lowest BCUT2D eigenvalue weighted by molar-refractivity contribution is -0.371. The fraction of sp³-hybridized carbons (Fsp3) is 1.00. The molecular weight excluding hydrogens is 276 g/mol. The van der Waals surface area contributed by atoms with Gasteiger partial charge in [0.2, 0.25) is 5.79 Å². The Hall–Kier alpha value is -0.360. The van der Waals surface area contributed by atoms with Crippen LogP contribution in [0.25, 0.3) is 0 Å². The van der Waals surface area contributed by atoms with E-state index in [-0.39, 0.29) is 6.61 Å². The van der Waals surface area contributed by atoms with Gasteiger partial charge in [-0.25, -0.2) is 0 Å². The van der Waals surface area contributed by atoms with Crippen LogP contribution in [-0.2, 0) is 18.9 Å². The van der Waals surface area contributed by atoms with Crippen LogP contribution in [0.3, 0.4) is 0 Å². The van der Waals surface area contributed by atoms with Gasteiger partial charge < -0.3 is 44.5 Å². The third-order valence-corrected chi connectivity index (χ3v) is 3.94. The Bertz CT molecular complexity index is 364. The van der Waals surface area contributed by atoms with Crippen molar-refractivity contribution in [2.45, 2.75) is 48.7 Å². The molecule has 0 aromatic carbocycles. The topological polar surface area (TPSA) is 138 Å². The van der Waals surface area contributed by atoms with Crippen molar-refractivity contribution in [1.29, 1.82) is 0 Å². The summed E-state index contributed by atoms with van der Waals surface area (Å²) >= 11 is 0. The van der Waals surface area contributed by atoms with Crippen molar-refractivity contribution in [1.82, 2.24) is 0 Å². The van der Waals surface area contributed by atoms with Gasteiger partial charge in [0.05, 0.1) is 13.2 Å². The summed E-state index contributed by atoms with van der Waals surface area (Å²) in [5.74, 6) is -1.66. The monoisotopic (exact) mass is 294 g/mol. The molecule has 3 aliphatic heterocycles. The van der Waals surface area contributed by atoms with Crippen molar-refractivity contribution in [2.24, 2.45) is 0 Å². The van der Waals surface area contributed by atoms with Gasteiger partial charge >= 0.3 is 0 Å². The van der Waals surface area contributed by atoms with Crippen LogP contribution in [0.1, 0.15) is 0 Å². The molecule has 0 bridgehead atoms. The summed E-state index contributed by atoms with van der Waals surface area (Å²) < 4.78 is 21.5. The molecule has 5 N–H and O–H groups in total. The van der Waals surface area contributed by atoms with E-state index in [1.54, 1.807) is 0 Å². The summed E-state index contributed by atoms with van der Waals surface area (Å²) in [7, 11) is 0. The molecule has 0 radical (unpaired) electrons. The van der Waals surface area contributed by atoms with Crippen molar-refractivity contribution in [3.8, 4) is 0 Å². The smallest absolute Gasteiger partial charge is 0.222 e. The summed E-state index contributed by atoms with van der Waals surface area (Å²) in [6.07, 6.45) is -7.60. The SMILES string of the molecule is OC[C@H]1OC2(CO[C@@H]3O[C@H](CO)[C@@H](O)[C@@H]3O2)[C@@H](O)[C@@H]1O. The van der Waals surface area contributed by atoms with E-state index in [1.165, 1.54) is 0 Å². The second-order valence-corrected chi connectivity index (χ2v) is 5.20. The minimum Gasteiger partial charge on any atom is -0.394 e. The lowest BCUT2D eigenvalue weighted by Gasteiger charge is -2.40. The maximum atomic E-state index is 10.0. The fourth-order valence-corrected chi connectivity index (χ4v) is 2.80. The molecule has 3 fully saturated rings. The quantitative estimate of drug-likeness (QED) is 0.348. The van der Waals surface area contributed by atoms with Crippen molar-refractivity contribution >= 4 is 0 Å². The van der Waals surface area contributed by atoms with Crippen molar-refractivity contribution in [2.75, 3.05) is 19.8 Å². The third kappa shape index (κ3) is 1.98. The van der Waals surface area contributed by atoms with E-state index in [2.05, 4.69) is 0 Å². The second kappa shape index (κ2) is 5.13. The molecule has 0 aliphatic carbocycles. The number of aliphatic hydroxyl groups is 5. The van der Waals surface area contributed by atoms with Gasteiger partial charge in [-0.3, -0.25) is 0 Å². The second-order valence-electron chi connectivity index (χ2n) is 5.20. The van der Waals surface area contributed by atoms with Crippen LogP contribution in [0.4, 0.5) is 0 Å². The molecule has 20 heavy (non-hydrogen) atoms. The van der Waals surface area contributed by atoms with Gasteiger partial charge in [0.25, 0.3) is 0 Å². The molecule has 0 aromatic rings. The highest BCUT2D eigenvalue weighted by atomic mass is 16.8. The summed E-state index contributed by atoms with van der Waals surface area (Å²) in [4.78, 5) is 0. The molecule has 0 saturated carbocycles. The molecule has 3 heterocycles. The Balaban J connectivity index is 1.78. The predicted octanol–water partition coefficient (Wildman–Crippen LogP) is -3.71. The van der Waals surface area contributed by atoms with E-state index in [4.69, 9.17) is 29.2 Å². The van der Waals surface area contributed by atoms with Crippen LogP contribution in [0.15, 0.2) is 0 Å². The number of aliphatic hydroxyl groups excluding tert-OH is 5. The summed E-state index contributed by atoms with van der Waals surface area (Å²) in [5.41, 5.74) is 0. The largest absolute Gasteiger partial charge is 0.394 e. The van der Waals surface area contributed by atoms with Crippen LogP contribution in [0.2, 0.25) is 0 Å². The van der Waals surface area contributed by atoms with Gasteiger partial charge in [0.15, 0.2) is 6.29 Å². The van der Waals surface area contributed by atoms with Gasteiger partial charge in [0.1, 0.15) is 43.2 Å². The van der Waals surface area contributed by atoms with Gasteiger partial charge in [-0.05, 0) is 0 Å². The first-order chi connectivity index (χ1) is 9.52. The first-order valence-corrected chi connectivity index (χ1v) is 6.41. The Morgan fingerprint density at radius 2 is 1.65 bits per heavy atom. The van der Waals surface area contributed by atoms with Crippen molar-refractivity contribution in [3.63, 3.8) is 0 Å². The Morgan fingerprint density at radius 1 is 0.950 bits per heavy atom. The molecule has 116 valence electrons. The number of fused-ring (bicyclic) bond motifs is 1. The first-order valence-electron chi connectivity index (χ1n) is 6.41. The minimum atomic E-state index is -1.66. The minimum absolute atomic E-state index is 0.228. The maximum absolute atomic E-state index is 10.0. The normalized spacial score (nSPS) is 55.4. The lowest BCUT2D eigenvalue weighted by atomic mass is 10.0. The number of hydrogen-bond acceptors (Lipinski definition) is 9. The molecule has 3 aliphatic rings. The molecular formula is C11H18O9. The highest BCUT2D eigenvalue weighted by Crippen LogP contribution is 2.41. The predicted molar refractivity (Wildman–Crippen MR) is 59.3 cm³/mol. The van der Waals surface area contributed by atoms with Gasteiger partial charge in [-0.1, -0.05) is 0 Å². The molecule has 1 spiro atoms. The van der Waals surface area contributed by atoms with E-state index >= 15 is 0 Å². The van der Waals surface area contributed by atoms with E-state index in [0.29, 0.717) is 0 Å². The van der Waals surface area contributed by atoms with E-state index in [1.807, 2.05) is 0 Å². The van der Waals surface area contributed by atoms with E-state index in [9.17, 15) is 15.3 Å². The zero-order valence-electron chi connectivity index (χ0n) is 10.5. The number of hydrogen-bond donors (Lipinski definition) is 5. The Labute approximate surface area is 114 Å². The Morgan fingerprint density at radius 3 is 2.25 bits per heavy atom. The summed E-state index contributed by atoms with van der Waals surface area (Å²) in [6, 6.07) is 0. The van der Waals surface area contributed by atoms with Gasteiger partial charge in [-0.15, -0.1) is 0 Å². The maximum Gasteiger partial charge on any atom is 0.222 e. The van der Waals surface area contributed by atoms with Gasteiger partial charge in [0, 0.05) is 0 Å². The van der Waals surface area contributed by atoms with Crippen LogP contribution >= 0.6 is 0 Å². The molecule has 0 amide bonds. The average molecular weight is 294 g/mol. The number of ether oxygens (including phenoxy) is 4. The van der Waals surface area contributed by atoms with E-state index < -0.39 is 61.9 Å². The highest BCUT2D eigenvalue weighted by molar-refractivity contribution is 5.01. The van der Waals surface area contributed by atoms with Crippen LogP contribution < -0.4 is 0 Å². The lowest BCUT2D eigenvalue weighted by Crippen LogP contribution is -2.59.